The molecule has 9 heteroatoms. The van der Waals surface area contributed by atoms with E-state index in [9.17, 15) is 0 Å². The number of aromatic nitrogens is 6. The van der Waals surface area contributed by atoms with Crippen LogP contribution >= 0.6 is 11.6 Å². The molecule has 16 heavy (non-hydrogen) atoms. The Morgan fingerprint density at radius 2 is 2.25 bits per heavy atom. The molecule has 2 rings (SSSR count). The second kappa shape index (κ2) is 4.81. The van der Waals surface area contributed by atoms with Gasteiger partial charge in [-0.05, 0) is 11.6 Å². The van der Waals surface area contributed by atoms with Gasteiger partial charge in [-0.1, -0.05) is 0 Å². The van der Waals surface area contributed by atoms with Crippen LogP contribution in [0.25, 0.3) is 5.95 Å². The van der Waals surface area contributed by atoms with Crippen LogP contribution in [0.2, 0.25) is 5.28 Å². The Bertz CT molecular complexity index is 460. The summed E-state index contributed by atoms with van der Waals surface area (Å²) < 4.78 is 1.36. The van der Waals surface area contributed by atoms with Crippen LogP contribution in [0.15, 0.2) is 12.7 Å². The third kappa shape index (κ3) is 2.41. The maximum atomic E-state index is 8.66. The van der Waals surface area contributed by atoms with Gasteiger partial charge in [0.15, 0.2) is 0 Å². The van der Waals surface area contributed by atoms with Gasteiger partial charge in [0.25, 0.3) is 5.95 Å². The molecule has 2 aromatic heterocycles. The molecule has 0 aromatic carbocycles. The van der Waals surface area contributed by atoms with E-state index >= 15 is 0 Å². The molecule has 0 atom stereocenters. The van der Waals surface area contributed by atoms with Gasteiger partial charge in [0.1, 0.15) is 12.7 Å². The average molecular weight is 242 g/mol. The van der Waals surface area contributed by atoms with Crippen LogP contribution in [0.4, 0.5) is 5.95 Å². The smallest absolute Gasteiger partial charge is 0.258 e. The minimum absolute atomic E-state index is 0.0258. The molecule has 0 bridgehead atoms. The summed E-state index contributed by atoms with van der Waals surface area (Å²) in [6.07, 6.45) is 2.81. The zero-order valence-electron chi connectivity index (χ0n) is 8.08. The number of hydrogen-bond donors (Lipinski definition) is 2. The third-order valence-electron chi connectivity index (χ3n) is 1.61. The van der Waals surface area contributed by atoms with Gasteiger partial charge in [-0.3, -0.25) is 0 Å². The molecule has 2 N–H and O–H groups in total. The van der Waals surface area contributed by atoms with Crippen LogP contribution in [0.3, 0.4) is 0 Å². The van der Waals surface area contributed by atoms with Crippen molar-refractivity contribution >= 4 is 17.5 Å². The molecule has 0 unspecified atom stereocenters. The average Bonchev–Trinajstić information content (AvgIpc) is 2.79. The first kappa shape index (κ1) is 10.7. The van der Waals surface area contributed by atoms with Crippen LogP contribution in [-0.2, 0) is 0 Å². The molecule has 0 aliphatic rings. The van der Waals surface area contributed by atoms with Gasteiger partial charge in [0.2, 0.25) is 11.2 Å². The number of nitrogens with one attached hydrogen (secondary N) is 1. The molecular formula is C7H8ClN7O. The molecule has 0 amide bonds. The Hall–Kier alpha value is -1.80. The van der Waals surface area contributed by atoms with Gasteiger partial charge < -0.3 is 10.4 Å². The van der Waals surface area contributed by atoms with E-state index in [-0.39, 0.29) is 23.8 Å². The predicted molar refractivity (Wildman–Crippen MR) is 55.3 cm³/mol. The number of anilines is 1. The van der Waals surface area contributed by atoms with Crippen molar-refractivity contribution in [3.8, 4) is 5.95 Å². The second-order valence-corrected chi connectivity index (χ2v) is 3.06. The highest BCUT2D eigenvalue weighted by molar-refractivity contribution is 6.28. The quantitative estimate of drug-likeness (QED) is 0.745. The minimum atomic E-state index is -0.0258. The number of nitrogens with zero attached hydrogens (tertiary/aromatic N) is 6. The largest absolute Gasteiger partial charge is 0.395 e. The number of rotatable bonds is 4. The van der Waals surface area contributed by atoms with Crippen molar-refractivity contribution in [2.45, 2.75) is 0 Å². The fourth-order valence-electron chi connectivity index (χ4n) is 1.00. The summed E-state index contributed by atoms with van der Waals surface area (Å²) in [6.45, 7) is 0.305. The highest BCUT2D eigenvalue weighted by Crippen LogP contribution is 2.07. The van der Waals surface area contributed by atoms with Crippen LogP contribution in [0, 0.1) is 0 Å². The Kier molecular flexibility index (Phi) is 3.22. The van der Waals surface area contributed by atoms with Crippen LogP contribution in [0.1, 0.15) is 0 Å². The van der Waals surface area contributed by atoms with E-state index in [0.717, 1.165) is 0 Å². The Balaban J connectivity index is 2.29. The number of aliphatic hydroxyl groups excluding tert-OH is 1. The molecule has 0 fully saturated rings. The van der Waals surface area contributed by atoms with Gasteiger partial charge in [-0.25, -0.2) is 4.98 Å². The summed E-state index contributed by atoms with van der Waals surface area (Å²) in [5.74, 6) is 0.539. The molecule has 84 valence electrons. The first-order valence-electron chi connectivity index (χ1n) is 4.41. The SMILES string of the molecule is OCCNc1nc(Cl)nc(-n2cncn2)n1. The first-order valence-corrected chi connectivity index (χ1v) is 4.78. The number of aliphatic hydroxyl groups is 1. The monoisotopic (exact) mass is 241 g/mol. The molecular weight excluding hydrogens is 234 g/mol. The van der Waals surface area contributed by atoms with E-state index in [4.69, 9.17) is 16.7 Å². The van der Waals surface area contributed by atoms with E-state index in [1.165, 1.54) is 17.3 Å². The van der Waals surface area contributed by atoms with Crippen LogP contribution in [0.5, 0.6) is 0 Å². The lowest BCUT2D eigenvalue weighted by Crippen LogP contribution is -2.12. The Morgan fingerprint density at radius 3 is 2.94 bits per heavy atom. The molecule has 0 saturated carbocycles. The summed E-state index contributed by atoms with van der Waals surface area (Å²) >= 11 is 5.72. The molecule has 0 radical (unpaired) electrons. The van der Waals surface area contributed by atoms with Crippen molar-refractivity contribution in [3.63, 3.8) is 0 Å². The summed E-state index contributed by atoms with van der Waals surface area (Å²) in [5.41, 5.74) is 0. The van der Waals surface area contributed by atoms with Crippen molar-refractivity contribution in [1.29, 1.82) is 0 Å². The first-order chi connectivity index (χ1) is 7.79. The topological polar surface area (TPSA) is 102 Å². The Labute approximate surface area is 95.4 Å². The molecule has 0 spiro atoms. The minimum Gasteiger partial charge on any atom is -0.395 e. The maximum Gasteiger partial charge on any atom is 0.258 e. The van der Waals surface area contributed by atoms with Gasteiger partial charge in [0, 0.05) is 6.54 Å². The third-order valence-corrected chi connectivity index (χ3v) is 1.78. The van der Waals surface area contributed by atoms with Crippen molar-refractivity contribution in [1.82, 2.24) is 29.7 Å². The van der Waals surface area contributed by atoms with E-state index in [2.05, 4.69) is 30.4 Å². The zero-order valence-corrected chi connectivity index (χ0v) is 8.83. The molecule has 0 aliphatic heterocycles. The van der Waals surface area contributed by atoms with Crippen LogP contribution < -0.4 is 5.32 Å². The van der Waals surface area contributed by atoms with Crippen molar-refractivity contribution < 1.29 is 5.11 Å². The number of hydrogen-bond acceptors (Lipinski definition) is 7. The summed E-state index contributed by atoms with van der Waals surface area (Å²) in [7, 11) is 0. The molecule has 0 saturated heterocycles. The normalized spacial score (nSPS) is 10.4. The Morgan fingerprint density at radius 1 is 1.38 bits per heavy atom. The molecule has 2 aromatic rings. The fourth-order valence-corrected chi connectivity index (χ4v) is 1.16. The van der Waals surface area contributed by atoms with Crippen molar-refractivity contribution in [3.05, 3.63) is 17.9 Å². The summed E-state index contributed by atoms with van der Waals surface area (Å²) in [6, 6.07) is 0. The van der Waals surface area contributed by atoms with Gasteiger partial charge in [-0.2, -0.15) is 24.7 Å². The highest BCUT2D eigenvalue weighted by atomic mass is 35.5. The number of halogens is 1. The van der Waals surface area contributed by atoms with Crippen molar-refractivity contribution in [2.75, 3.05) is 18.5 Å². The van der Waals surface area contributed by atoms with Crippen molar-refractivity contribution in [2.24, 2.45) is 0 Å². The summed E-state index contributed by atoms with van der Waals surface area (Å²) in [5, 5.41) is 15.3. The molecule has 2 heterocycles. The van der Waals surface area contributed by atoms with Crippen LogP contribution in [-0.4, -0.2) is 48.0 Å². The van der Waals surface area contributed by atoms with E-state index < -0.39 is 0 Å². The van der Waals surface area contributed by atoms with Gasteiger partial charge >= 0.3 is 0 Å². The summed E-state index contributed by atoms with van der Waals surface area (Å²) in [4.78, 5) is 15.5. The lowest BCUT2D eigenvalue weighted by Gasteiger charge is -2.04. The fraction of sp³-hybridized carbons (Fsp3) is 0.286. The lowest BCUT2D eigenvalue weighted by molar-refractivity contribution is 0.310. The lowest BCUT2D eigenvalue weighted by atomic mass is 10.7. The molecule has 8 nitrogen and oxygen atoms in total. The van der Waals surface area contributed by atoms with E-state index in [1.54, 1.807) is 0 Å². The van der Waals surface area contributed by atoms with E-state index in [0.29, 0.717) is 6.54 Å². The highest BCUT2D eigenvalue weighted by Gasteiger charge is 2.06. The zero-order chi connectivity index (χ0) is 11.4. The van der Waals surface area contributed by atoms with Gasteiger partial charge in [-0.15, -0.1) is 0 Å². The standard InChI is InChI=1S/C7H8ClN7O/c8-5-12-6(10-1-2-16)14-7(13-5)15-4-9-3-11-15/h3-4,16H,1-2H2,(H,10,12,13,14). The maximum absolute atomic E-state index is 8.66. The van der Waals surface area contributed by atoms with Gasteiger partial charge in [0.05, 0.1) is 6.61 Å². The molecule has 0 aliphatic carbocycles. The predicted octanol–water partition coefficient (Wildman–Crippen LogP) is -0.490. The second-order valence-electron chi connectivity index (χ2n) is 2.72. The van der Waals surface area contributed by atoms with E-state index in [1.807, 2.05) is 0 Å².